The predicted molar refractivity (Wildman–Crippen MR) is 70.0 cm³/mol. The average molecular weight is 261 g/mol. The van der Waals surface area contributed by atoms with Crippen LogP contribution in [0.2, 0.25) is 0 Å². The fourth-order valence-electron chi connectivity index (χ4n) is 3.40. The van der Waals surface area contributed by atoms with Crippen LogP contribution in [0.5, 0.6) is 0 Å². The van der Waals surface area contributed by atoms with E-state index in [-0.39, 0.29) is 30.3 Å². The van der Waals surface area contributed by atoms with Gasteiger partial charge in [0.2, 0.25) is 0 Å². The number of nitrogens with zero attached hydrogens (tertiary/aromatic N) is 1. The summed E-state index contributed by atoms with van der Waals surface area (Å²) in [6, 6.07) is 0. The molecule has 0 spiro atoms. The van der Waals surface area contributed by atoms with Crippen LogP contribution in [0.3, 0.4) is 0 Å². The molecule has 2 amide bonds. The van der Waals surface area contributed by atoms with Gasteiger partial charge in [-0.3, -0.25) is 14.5 Å². The monoisotopic (exact) mass is 261 g/mol. The number of aliphatic hydroxyl groups is 1. The normalized spacial score (nSPS) is 27.9. The number of imide groups is 1. The SMILES string of the molecule is O=C1C2=C(C(=O)N1CCCCCCO)[C@H]1C=C[C@@H]2C1. The van der Waals surface area contributed by atoms with E-state index in [4.69, 9.17) is 5.11 Å². The van der Waals surface area contributed by atoms with E-state index >= 15 is 0 Å². The maximum Gasteiger partial charge on any atom is 0.257 e. The molecule has 2 aliphatic carbocycles. The highest BCUT2D eigenvalue weighted by atomic mass is 16.3. The van der Waals surface area contributed by atoms with Gasteiger partial charge < -0.3 is 5.11 Å². The molecule has 1 heterocycles. The summed E-state index contributed by atoms with van der Waals surface area (Å²) in [6.45, 7) is 0.738. The van der Waals surface area contributed by atoms with Crippen molar-refractivity contribution in [3.05, 3.63) is 23.3 Å². The third-order valence-corrected chi connectivity index (χ3v) is 4.36. The Balaban J connectivity index is 1.59. The molecule has 3 rings (SSSR count). The molecule has 0 saturated carbocycles. The fourth-order valence-corrected chi connectivity index (χ4v) is 3.40. The Hall–Kier alpha value is -1.42. The number of likely N-dealkylation sites (tertiary alicyclic amines) is 1. The number of rotatable bonds is 6. The van der Waals surface area contributed by atoms with Crippen LogP contribution in [0.1, 0.15) is 32.1 Å². The number of amides is 2. The van der Waals surface area contributed by atoms with Gasteiger partial charge in [0.1, 0.15) is 0 Å². The Morgan fingerprint density at radius 3 is 2.16 bits per heavy atom. The van der Waals surface area contributed by atoms with Crippen molar-refractivity contribution in [2.45, 2.75) is 32.1 Å². The van der Waals surface area contributed by atoms with Crippen LogP contribution in [0.25, 0.3) is 0 Å². The molecule has 1 aliphatic heterocycles. The summed E-state index contributed by atoms with van der Waals surface area (Å²) >= 11 is 0. The molecule has 3 aliphatic rings. The molecular formula is C15H19NO3. The van der Waals surface area contributed by atoms with Gasteiger partial charge in [0.05, 0.1) is 0 Å². The molecule has 0 aromatic rings. The first-order chi connectivity index (χ1) is 9.24. The standard InChI is InChI=1S/C15H19NO3/c17-8-4-2-1-3-7-16-14(18)12-10-5-6-11(9-10)13(12)15(16)19/h5-6,10-11,17H,1-4,7-9H2/t10-,11+. The largest absolute Gasteiger partial charge is 0.396 e. The van der Waals surface area contributed by atoms with E-state index < -0.39 is 0 Å². The molecular weight excluding hydrogens is 242 g/mol. The highest BCUT2D eigenvalue weighted by Crippen LogP contribution is 2.48. The molecule has 4 heteroatoms. The van der Waals surface area contributed by atoms with Crippen molar-refractivity contribution in [1.82, 2.24) is 4.90 Å². The maximum absolute atomic E-state index is 12.3. The third-order valence-electron chi connectivity index (χ3n) is 4.36. The lowest BCUT2D eigenvalue weighted by atomic mass is 9.99. The number of carbonyl (C=O) groups is 2. The van der Waals surface area contributed by atoms with Gasteiger partial charge in [-0.25, -0.2) is 0 Å². The number of hydrogen-bond acceptors (Lipinski definition) is 3. The lowest BCUT2D eigenvalue weighted by Crippen LogP contribution is -2.34. The lowest BCUT2D eigenvalue weighted by Gasteiger charge is -2.17. The Bertz CT molecular complexity index is 444. The topological polar surface area (TPSA) is 57.6 Å². The molecule has 19 heavy (non-hydrogen) atoms. The zero-order chi connectivity index (χ0) is 13.4. The van der Waals surface area contributed by atoms with Crippen molar-refractivity contribution in [1.29, 1.82) is 0 Å². The van der Waals surface area contributed by atoms with Gasteiger partial charge >= 0.3 is 0 Å². The van der Waals surface area contributed by atoms with Crippen molar-refractivity contribution in [3.8, 4) is 0 Å². The van der Waals surface area contributed by atoms with Gasteiger partial charge in [-0.15, -0.1) is 0 Å². The van der Waals surface area contributed by atoms with Gasteiger partial charge in [-0.1, -0.05) is 25.0 Å². The van der Waals surface area contributed by atoms with Crippen LogP contribution < -0.4 is 0 Å². The van der Waals surface area contributed by atoms with Gasteiger partial charge in [0.15, 0.2) is 0 Å². The zero-order valence-electron chi connectivity index (χ0n) is 11.0. The minimum Gasteiger partial charge on any atom is -0.396 e. The van der Waals surface area contributed by atoms with Gasteiger partial charge in [0.25, 0.3) is 11.8 Å². The second-order valence-corrected chi connectivity index (χ2v) is 5.56. The Morgan fingerprint density at radius 2 is 1.58 bits per heavy atom. The summed E-state index contributed by atoms with van der Waals surface area (Å²) < 4.78 is 0. The van der Waals surface area contributed by atoms with Gasteiger partial charge in [-0.05, 0) is 19.3 Å². The molecule has 0 aromatic carbocycles. The summed E-state index contributed by atoms with van der Waals surface area (Å²) in [5.74, 6) is 0.268. The Kier molecular flexibility index (Phi) is 3.27. The third kappa shape index (κ3) is 1.94. The predicted octanol–water partition coefficient (Wildman–Crippen LogP) is 1.41. The summed E-state index contributed by atoms with van der Waals surface area (Å²) in [6.07, 6.45) is 8.59. The van der Waals surface area contributed by atoms with Crippen molar-refractivity contribution in [2.24, 2.45) is 11.8 Å². The van der Waals surface area contributed by atoms with Crippen molar-refractivity contribution >= 4 is 11.8 Å². The van der Waals surface area contributed by atoms with E-state index in [1.165, 1.54) is 4.90 Å². The summed E-state index contributed by atoms with van der Waals surface area (Å²) in [5, 5.41) is 8.70. The zero-order valence-corrected chi connectivity index (χ0v) is 11.0. The van der Waals surface area contributed by atoms with Gasteiger partial charge in [-0.2, -0.15) is 0 Å². The molecule has 2 atom stereocenters. The number of carbonyl (C=O) groups excluding carboxylic acids is 2. The molecule has 1 N–H and O–H groups in total. The smallest absolute Gasteiger partial charge is 0.257 e. The van der Waals surface area contributed by atoms with Crippen molar-refractivity contribution < 1.29 is 14.7 Å². The molecule has 0 saturated heterocycles. The van der Waals surface area contributed by atoms with Crippen molar-refractivity contribution in [3.63, 3.8) is 0 Å². The van der Waals surface area contributed by atoms with E-state index in [0.717, 1.165) is 43.3 Å². The quantitative estimate of drug-likeness (QED) is 0.447. The molecule has 0 fully saturated rings. The number of allylic oxidation sites excluding steroid dienone is 2. The first kappa shape index (κ1) is 12.6. The summed E-state index contributed by atoms with van der Waals surface area (Å²) in [5.41, 5.74) is 1.54. The summed E-state index contributed by atoms with van der Waals surface area (Å²) in [7, 11) is 0. The average Bonchev–Trinajstić information content (AvgIpc) is 3.06. The molecule has 4 nitrogen and oxygen atoms in total. The second kappa shape index (κ2) is 4.93. The van der Waals surface area contributed by atoms with Gasteiger partial charge in [0, 0.05) is 36.1 Å². The van der Waals surface area contributed by atoms with Crippen LogP contribution in [0, 0.1) is 11.8 Å². The Labute approximate surface area is 112 Å². The first-order valence-electron chi connectivity index (χ1n) is 7.13. The van der Waals surface area contributed by atoms with E-state index in [9.17, 15) is 9.59 Å². The number of fused-ring (bicyclic) bond motifs is 4. The number of hydrogen-bond donors (Lipinski definition) is 1. The second-order valence-electron chi connectivity index (χ2n) is 5.56. The highest BCUT2D eigenvalue weighted by molar-refractivity contribution is 6.21. The van der Waals surface area contributed by atoms with Crippen LogP contribution in [0.4, 0.5) is 0 Å². The van der Waals surface area contributed by atoms with E-state index in [1.807, 2.05) is 0 Å². The Morgan fingerprint density at radius 1 is 1.00 bits per heavy atom. The minimum atomic E-state index is -0.0565. The van der Waals surface area contributed by atoms with E-state index in [1.54, 1.807) is 0 Å². The molecule has 102 valence electrons. The lowest BCUT2D eigenvalue weighted by molar-refractivity contribution is -0.138. The minimum absolute atomic E-state index is 0.0565. The summed E-state index contributed by atoms with van der Waals surface area (Å²) in [4.78, 5) is 26.0. The highest BCUT2D eigenvalue weighted by Gasteiger charge is 2.49. The number of aliphatic hydroxyl groups excluding tert-OH is 1. The molecule has 0 aromatic heterocycles. The van der Waals surface area contributed by atoms with E-state index in [2.05, 4.69) is 12.2 Å². The molecule has 0 unspecified atom stereocenters. The molecule has 2 bridgehead atoms. The van der Waals surface area contributed by atoms with E-state index in [0.29, 0.717) is 6.54 Å². The van der Waals surface area contributed by atoms with Crippen LogP contribution in [-0.4, -0.2) is 35.0 Å². The number of unbranched alkanes of at least 4 members (excludes halogenated alkanes) is 3. The van der Waals surface area contributed by atoms with Crippen molar-refractivity contribution in [2.75, 3.05) is 13.2 Å². The van der Waals surface area contributed by atoms with Crippen LogP contribution in [-0.2, 0) is 9.59 Å². The molecule has 0 radical (unpaired) electrons. The van der Waals surface area contributed by atoms with Crippen LogP contribution in [0.15, 0.2) is 23.3 Å². The maximum atomic E-state index is 12.3. The fraction of sp³-hybridized carbons (Fsp3) is 0.600. The first-order valence-corrected chi connectivity index (χ1v) is 7.13. The van der Waals surface area contributed by atoms with Crippen LogP contribution >= 0.6 is 0 Å².